The summed E-state index contributed by atoms with van der Waals surface area (Å²) in [6.45, 7) is 11.7. The molecule has 9 nitrogen and oxygen atoms in total. The van der Waals surface area contributed by atoms with E-state index in [4.69, 9.17) is 4.74 Å². The molecule has 2 aromatic heterocycles. The Morgan fingerprint density at radius 3 is 2.53 bits per heavy atom. The number of morpholine rings is 1. The number of rotatable bonds is 7. The number of amides is 1. The Balaban J connectivity index is 1.43. The highest BCUT2D eigenvalue weighted by Gasteiger charge is 2.21. The summed E-state index contributed by atoms with van der Waals surface area (Å²) in [6, 6.07) is 8.16. The van der Waals surface area contributed by atoms with Crippen LogP contribution in [0, 0.1) is 20.8 Å². The van der Waals surface area contributed by atoms with E-state index in [1.165, 1.54) is 17.3 Å². The Bertz CT molecular complexity index is 1080. The van der Waals surface area contributed by atoms with Crippen molar-refractivity contribution in [2.45, 2.75) is 39.4 Å². The van der Waals surface area contributed by atoms with Crippen LogP contribution in [-0.4, -0.2) is 62.5 Å². The van der Waals surface area contributed by atoms with Gasteiger partial charge in [-0.25, -0.2) is 4.68 Å². The first-order valence-corrected chi connectivity index (χ1v) is 11.8. The standard InChI is InChI=1S/C22H29N7O2S/c1-5-28-21(27-10-12-31-13-11-27)24-25-22(28)32-14-19(30)23-20-16(3)26-29(17(20)4)18-8-6-15(2)7-9-18/h6-9H,5,10-14H2,1-4H3,(H,23,30). The summed E-state index contributed by atoms with van der Waals surface area (Å²) in [4.78, 5) is 14.9. The molecule has 3 heterocycles. The van der Waals surface area contributed by atoms with Gasteiger partial charge >= 0.3 is 0 Å². The van der Waals surface area contributed by atoms with Gasteiger partial charge in [0.15, 0.2) is 5.16 Å². The number of hydrogen-bond acceptors (Lipinski definition) is 7. The predicted octanol–water partition coefficient (Wildman–Crippen LogP) is 2.98. The Hall–Kier alpha value is -2.85. The summed E-state index contributed by atoms with van der Waals surface area (Å²) >= 11 is 1.39. The molecule has 4 rings (SSSR count). The lowest BCUT2D eigenvalue weighted by Crippen LogP contribution is -2.38. The number of nitrogens with zero attached hydrogens (tertiary/aromatic N) is 6. The molecule has 1 aliphatic heterocycles. The Kier molecular flexibility index (Phi) is 6.80. The minimum atomic E-state index is -0.0942. The second-order valence-electron chi connectivity index (χ2n) is 7.76. The highest BCUT2D eigenvalue weighted by Crippen LogP contribution is 2.25. The van der Waals surface area contributed by atoms with E-state index in [0.717, 1.165) is 53.5 Å². The number of anilines is 2. The number of ether oxygens (including phenoxy) is 1. The largest absolute Gasteiger partial charge is 0.378 e. The Labute approximate surface area is 192 Å². The number of nitrogens with one attached hydrogen (secondary N) is 1. The molecule has 1 amide bonds. The van der Waals surface area contributed by atoms with Gasteiger partial charge in [-0.2, -0.15) is 5.10 Å². The van der Waals surface area contributed by atoms with E-state index >= 15 is 0 Å². The summed E-state index contributed by atoms with van der Waals surface area (Å²) in [5.74, 6) is 0.989. The number of carbonyl (C=O) groups is 1. The molecule has 0 unspecified atom stereocenters. The van der Waals surface area contributed by atoms with Crippen molar-refractivity contribution in [3.05, 3.63) is 41.2 Å². The summed E-state index contributed by atoms with van der Waals surface area (Å²) in [7, 11) is 0. The van der Waals surface area contributed by atoms with E-state index in [9.17, 15) is 4.79 Å². The fourth-order valence-corrected chi connectivity index (χ4v) is 4.53. The molecule has 1 N–H and O–H groups in total. The van der Waals surface area contributed by atoms with Gasteiger partial charge in [0.1, 0.15) is 0 Å². The lowest BCUT2D eigenvalue weighted by Gasteiger charge is -2.27. The van der Waals surface area contributed by atoms with Gasteiger partial charge < -0.3 is 15.0 Å². The molecular formula is C22H29N7O2S. The zero-order valence-electron chi connectivity index (χ0n) is 19.0. The maximum absolute atomic E-state index is 12.7. The zero-order valence-corrected chi connectivity index (χ0v) is 19.8. The summed E-state index contributed by atoms with van der Waals surface area (Å²) < 4.78 is 9.34. The average molecular weight is 456 g/mol. The lowest BCUT2D eigenvalue weighted by molar-refractivity contribution is -0.113. The molecule has 0 bridgehead atoms. The first kappa shape index (κ1) is 22.3. The van der Waals surface area contributed by atoms with Gasteiger partial charge in [0.2, 0.25) is 11.9 Å². The van der Waals surface area contributed by atoms with Crippen molar-refractivity contribution in [3.8, 4) is 5.69 Å². The number of thioether (sulfide) groups is 1. The van der Waals surface area contributed by atoms with Crippen molar-refractivity contribution in [3.63, 3.8) is 0 Å². The van der Waals surface area contributed by atoms with Gasteiger partial charge in [-0.3, -0.25) is 9.36 Å². The van der Waals surface area contributed by atoms with E-state index < -0.39 is 0 Å². The molecule has 32 heavy (non-hydrogen) atoms. The number of aromatic nitrogens is 5. The van der Waals surface area contributed by atoms with E-state index in [2.05, 4.69) is 56.1 Å². The van der Waals surface area contributed by atoms with Gasteiger partial charge in [0.25, 0.3) is 0 Å². The number of benzene rings is 1. The molecule has 170 valence electrons. The summed E-state index contributed by atoms with van der Waals surface area (Å²) in [5.41, 5.74) is 4.60. The van der Waals surface area contributed by atoms with Crippen LogP contribution in [0.25, 0.3) is 5.69 Å². The number of aryl methyl sites for hydroxylation is 2. The molecule has 1 saturated heterocycles. The molecule has 0 saturated carbocycles. The Morgan fingerprint density at radius 2 is 1.84 bits per heavy atom. The van der Waals surface area contributed by atoms with Gasteiger partial charge in [-0.15, -0.1) is 10.2 Å². The first-order chi connectivity index (χ1) is 15.5. The van der Waals surface area contributed by atoms with Gasteiger partial charge in [-0.1, -0.05) is 29.5 Å². The SMILES string of the molecule is CCn1c(SCC(=O)Nc2c(C)nn(-c3ccc(C)cc3)c2C)nnc1N1CCOCC1. The molecule has 0 aliphatic carbocycles. The predicted molar refractivity (Wildman–Crippen MR) is 126 cm³/mol. The fourth-order valence-electron chi connectivity index (χ4n) is 3.73. The summed E-state index contributed by atoms with van der Waals surface area (Å²) in [5, 5.41) is 17.1. The fraction of sp³-hybridized carbons (Fsp3) is 0.455. The van der Waals surface area contributed by atoms with Gasteiger partial charge in [0.05, 0.1) is 41.7 Å². The normalized spacial score (nSPS) is 14.1. The minimum absolute atomic E-state index is 0.0942. The van der Waals surface area contributed by atoms with E-state index in [-0.39, 0.29) is 11.7 Å². The molecule has 1 fully saturated rings. The number of hydrogen-bond donors (Lipinski definition) is 1. The maximum Gasteiger partial charge on any atom is 0.234 e. The van der Waals surface area contributed by atoms with Crippen molar-refractivity contribution < 1.29 is 9.53 Å². The molecule has 1 aromatic carbocycles. The van der Waals surface area contributed by atoms with Crippen LogP contribution in [0.3, 0.4) is 0 Å². The van der Waals surface area contributed by atoms with E-state index in [1.807, 2.05) is 30.7 Å². The van der Waals surface area contributed by atoms with Crippen LogP contribution in [0.5, 0.6) is 0 Å². The highest BCUT2D eigenvalue weighted by atomic mass is 32.2. The third-order valence-corrected chi connectivity index (χ3v) is 6.44. The van der Waals surface area contributed by atoms with Crippen LogP contribution in [-0.2, 0) is 16.1 Å². The van der Waals surface area contributed by atoms with E-state index in [0.29, 0.717) is 13.2 Å². The third-order valence-electron chi connectivity index (χ3n) is 5.47. The summed E-state index contributed by atoms with van der Waals surface area (Å²) in [6.07, 6.45) is 0. The average Bonchev–Trinajstić information content (AvgIpc) is 3.34. The van der Waals surface area contributed by atoms with Crippen LogP contribution in [0.1, 0.15) is 23.9 Å². The monoisotopic (exact) mass is 455 g/mol. The quantitative estimate of drug-likeness (QED) is 0.548. The third kappa shape index (κ3) is 4.66. The molecule has 1 aliphatic rings. The topological polar surface area (TPSA) is 90.1 Å². The maximum atomic E-state index is 12.7. The molecule has 3 aromatic rings. The van der Waals surface area contributed by atoms with Crippen LogP contribution in [0.2, 0.25) is 0 Å². The molecular weight excluding hydrogens is 426 g/mol. The smallest absolute Gasteiger partial charge is 0.234 e. The van der Waals surface area contributed by atoms with Crippen molar-refractivity contribution in [2.24, 2.45) is 0 Å². The van der Waals surface area contributed by atoms with Crippen LogP contribution in [0.4, 0.5) is 11.6 Å². The van der Waals surface area contributed by atoms with Crippen LogP contribution >= 0.6 is 11.8 Å². The van der Waals surface area contributed by atoms with Gasteiger partial charge in [-0.05, 0) is 39.8 Å². The highest BCUT2D eigenvalue weighted by molar-refractivity contribution is 7.99. The van der Waals surface area contributed by atoms with Gasteiger partial charge in [0, 0.05) is 19.6 Å². The zero-order chi connectivity index (χ0) is 22.7. The van der Waals surface area contributed by atoms with Crippen molar-refractivity contribution in [2.75, 3.05) is 42.3 Å². The number of carbonyl (C=O) groups excluding carboxylic acids is 1. The van der Waals surface area contributed by atoms with Crippen molar-refractivity contribution in [1.29, 1.82) is 0 Å². The lowest BCUT2D eigenvalue weighted by atomic mass is 10.2. The minimum Gasteiger partial charge on any atom is -0.378 e. The second kappa shape index (κ2) is 9.74. The first-order valence-electron chi connectivity index (χ1n) is 10.8. The van der Waals surface area contributed by atoms with Crippen molar-refractivity contribution in [1.82, 2.24) is 24.5 Å². The van der Waals surface area contributed by atoms with Crippen molar-refractivity contribution >= 4 is 29.3 Å². The molecule has 10 heteroatoms. The molecule has 0 atom stereocenters. The molecule has 0 spiro atoms. The molecule has 0 radical (unpaired) electrons. The van der Waals surface area contributed by atoms with E-state index in [1.54, 1.807) is 0 Å². The Morgan fingerprint density at radius 1 is 1.12 bits per heavy atom. The van der Waals surface area contributed by atoms with Crippen LogP contribution in [0.15, 0.2) is 29.4 Å². The second-order valence-corrected chi connectivity index (χ2v) is 8.70. The van der Waals surface area contributed by atoms with Crippen LogP contribution < -0.4 is 10.2 Å².